The highest BCUT2D eigenvalue weighted by atomic mass is 16.5. The number of benzene rings is 1. The molecule has 0 amide bonds. The van der Waals surface area contributed by atoms with Crippen LogP contribution in [0.4, 0.5) is 5.69 Å². The summed E-state index contributed by atoms with van der Waals surface area (Å²) < 4.78 is 5.86. The van der Waals surface area contributed by atoms with Crippen molar-refractivity contribution >= 4 is 5.69 Å². The summed E-state index contributed by atoms with van der Waals surface area (Å²) in [5.41, 5.74) is 6.28. The van der Waals surface area contributed by atoms with Gasteiger partial charge in [0.2, 0.25) is 0 Å². The summed E-state index contributed by atoms with van der Waals surface area (Å²) in [4.78, 5) is 2.33. The van der Waals surface area contributed by atoms with E-state index in [2.05, 4.69) is 18.0 Å². The molecule has 2 N–H and O–H groups in total. The van der Waals surface area contributed by atoms with Crippen LogP contribution in [0.3, 0.4) is 0 Å². The SMILES string of the molecule is CN1CCC(Oc2cc[c]c(N)c2)CC1. The van der Waals surface area contributed by atoms with E-state index in [9.17, 15) is 0 Å². The van der Waals surface area contributed by atoms with Crippen molar-refractivity contribution in [2.75, 3.05) is 25.9 Å². The van der Waals surface area contributed by atoms with E-state index in [0.717, 1.165) is 31.7 Å². The number of likely N-dealkylation sites (tertiary alicyclic amines) is 1. The van der Waals surface area contributed by atoms with Crippen molar-refractivity contribution in [2.45, 2.75) is 18.9 Å². The summed E-state index contributed by atoms with van der Waals surface area (Å²) in [6.45, 7) is 2.22. The lowest BCUT2D eigenvalue weighted by molar-refractivity contribution is 0.114. The Morgan fingerprint density at radius 3 is 2.87 bits per heavy atom. The van der Waals surface area contributed by atoms with E-state index in [-0.39, 0.29) is 0 Å². The second kappa shape index (κ2) is 4.53. The highest BCUT2D eigenvalue weighted by Gasteiger charge is 2.17. The quantitative estimate of drug-likeness (QED) is 0.744. The Morgan fingerprint density at radius 2 is 2.20 bits per heavy atom. The second-order valence-corrected chi connectivity index (χ2v) is 4.10. The minimum Gasteiger partial charge on any atom is -0.490 e. The van der Waals surface area contributed by atoms with E-state index < -0.39 is 0 Å². The first-order valence-electron chi connectivity index (χ1n) is 5.36. The number of nitrogens with zero attached hydrogens (tertiary/aromatic N) is 1. The Balaban J connectivity index is 1.92. The molecule has 1 saturated heterocycles. The first-order chi connectivity index (χ1) is 7.24. The van der Waals surface area contributed by atoms with Gasteiger partial charge in [-0.15, -0.1) is 0 Å². The molecule has 1 aliphatic heterocycles. The third kappa shape index (κ3) is 2.86. The fraction of sp³-hybridized carbons (Fsp3) is 0.500. The van der Waals surface area contributed by atoms with Gasteiger partial charge in [0.25, 0.3) is 0 Å². The highest BCUT2D eigenvalue weighted by molar-refractivity contribution is 5.42. The van der Waals surface area contributed by atoms with E-state index >= 15 is 0 Å². The lowest BCUT2D eigenvalue weighted by atomic mass is 10.1. The topological polar surface area (TPSA) is 38.5 Å². The average Bonchev–Trinajstić information content (AvgIpc) is 2.22. The number of hydrogen-bond donors (Lipinski definition) is 1. The Hall–Kier alpha value is -1.22. The van der Waals surface area contributed by atoms with E-state index in [4.69, 9.17) is 10.5 Å². The van der Waals surface area contributed by atoms with Crippen molar-refractivity contribution in [1.29, 1.82) is 0 Å². The first-order valence-corrected chi connectivity index (χ1v) is 5.36. The Kier molecular flexibility index (Phi) is 3.11. The van der Waals surface area contributed by atoms with Crippen LogP contribution < -0.4 is 10.5 Å². The van der Waals surface area contributed by atoms with Crippen LogP contribution in [-0.4, -0.2) is 31.1 Å². The zero-order valence-corrected chi connectivity index (χ0v) is 9.07. The van der Waals surface area contributed by atoms with Crippen LogP contribution in [0.15, 0.2) is 18.2 Å². The van der Waals surface area contributed by atoms with Crippen LogP contribution in [0.1, 0.15) is 12.8 Å². The van der Waals surface area contributed by atoms with Gasteiger partial charge >= 0.3 is 0 Å². The summed E-state index contributed by atoms with van der Waals surface area (Å²) >= 11 is 0. The maximum Gasteiger partial charge on any atom is 0.121 e. The summed E-state index contributed by atoms with van der Waals surface area (Å²) in [5.74, 6) is 0.862. The Labute approximate surface area is 90.8 Å². The molecule has 2 rings (SSSR count). The maximum absolute atomic E-state index is 5.86. The van der Waals surface area contributed by atoms with Gasteiger partial charge in [-0.2, -0.15) is 0 Å². The molecule has 0 spiro atoms. The van der Waals surface area contributed by atoms with Gasteiger partial charge in [0.05, 0.1) is 0 Å². The standard InChI is InChI=1S/C12H17N2O/c1-14-7-5-11(6-8-14)15-12-4-2-3-10(13)9-12/h2,4,9,11H,5-8,13H2,1H3. The average molecular weight is 205 g/mol. The predicted octanol–water partition coefficient (Wildman–Crippen LogP) is 1.54. The minimum absolute atomic E-state index is 0.336. The largest absolute Gasteiger partial charge is 0.490 e. The van der Waals surface area contributed by atoms with Gasteiger partial charge in [0.15, 0.2) is 0 Å². The van der Waals surface area contributed by atoms with Crippen LogP contribution in [0.5, 0.6) is 5.75 Å². The van der Waals surface area contributed by atoms with Gasteiger partial charge < -0.3 is 15.4 Å². The fourth-order valence-corrected chi connectivity index (χ4v) is 1.83. The van der Waals surface area contributed by atoms with Crippen molar-refractivity contribution in [3.63, 3.8) is 0 Å². The lowest BCUT2D eigenvalue weighted by Crippen LogP contribution is -2.35. The van der Waals surface area contributed by atoms with Crippen molar-refractivity contribution in [3.05, 3.63) is 24.3 Å². The Morgan fingerprint density at radius 1 is 1.47 bits per heavy atom. The number of anilines is 1. The predicted molar refractivity (Wildman–Crippen MR) is 60.8 cm³/mol. The second-order valence-electron chi connectivity index (χ2n) is 4.10. The highest BCUT2D eigenvalue weighted by Crippen LogP contribution is 2.19. The molecule has 1 aromatic rings. The number of nitrogen functional groups attached to an aromatic ring is 1. The smallest absolute Gasteiger partial charge is 0.121 e. The molecule has 15 heavy (non-hydrogen) atoms. The van der Waals surface area contributed by atoms with Crippen LogP contribution in [0.25, 0.3) is 0 Å². The third-order valence-electron chi connectivity index (χ3n) is 2.76. The van der Waals surface area contributed by atoms with E-state index in [1.807, 2.05) is 12.1 Å². The molecule has 3 nitrogen and oxygen atoms in total. The maximum atomic E-state index is 5.86. The van der Waals surface area contributed by atoms with Gasteiger partial charge in [-0.1, -0.05) is 0 Å². The van der Waals surface area contributed by atoms with Crippen LogP contribution in [0, 0.1) is 6.07 Å². The van der Waals surface area contributed by atoms with Crippen LogP contribution in [0.2, 0.25) is 0 Å². The minimum atomic E-state index is 0.336. The number of hydrogen-bond acceptors (Lipinski definition) is 3. The van der Waals surface area contributed by atoms with Crippen molar-refractivity contribution in [1.82, 2.24) is 4.90 Å². The van der Waals surface area contributed by atoms with Crippen LogP contribution >= 0.6 is 0 Å². The lowest BCUT2D eigenvalue weighted by Gasteiger charge is -2.29. The molecule has 0 unspecified atom stereocenters. The molecule has 1 aliphatic rings. The molecule has 0 saturated carbocycles. The molecule has 1 radical (unpaired) electrons. The summed E-state index contributed by atoms with van der Waals surface area (Å²) in [7, 11) is 2.14. The number of ether oxygens (including phenoxy) is 1. The van der Waals surface area contributed by atoms with Gasteiger partial charge in [0, 0.05) is 30.9 Å². The zero-order chi connectivity index (χ0) is 10.7. The normalized spacial score (nSPS) is 19.0. The summed E-state index contributed by atoms with van der Waals surface area (Å²) in [5, 5.41) is 0. The molecule has 3 heteroatoms. The molecule has 1 heterocycles. The van der Waals surface area contributed by atoms with Gasteiger partial charge in [0.1, 0.15) is 11.9 Å². The first kappa shape index (κ1) is 10.3. The van der Waals surface area contributed by atoms with Crippen molar-refractivity contribution in [3.8, 4) is 5.75 Å². The molecular formula is C12H17N2O. The van der Waals surface area contributed by atoms with Gasteiger partial charge in [-0.3, -0.25) is 0 Å². The van der Waals surface area contributed by atoms with E-state index in [1.165, 1.54) is 0 Å². The van der Waals surface area contributed by atoms with Crippen LogP contribution in [-0.2, 0) is 0 Å². The molecular weight excluding hydrogens is 188 g/mol. The van der Waals surface area contributed by atoms with Crippen molar-refractivity contribution in [2.24, 2.45) is 0 Å². The number of piperidine rings is 1. The number of rotatable bonds is 2. The molecule has 81 valence electrons. The fourth-order valence-electron chi connectivity index (χ4n) is 1.83. The summed E-state index contributed by atoms with van der Waals surface area (Å²) in [6.07, 6.45) is 2.52. The third-order valence-corrected chi connectivity index (χ3v) is 2.76. The Bertz CT molecular complexity index is 319. The molecule has 0 aromatic heterocycles. The van der Waals surface area contributed by atoms with E-state index in [0.29, 0.717) is 11.8 Å². The molecule has 0 atom stereocenters. The van der Waals surface area contributed by atoms with Gasteiger partial charge in [-0.05, 0) is 32.0 Å². The summed E-state index contributed by atoms with van der Waals surface area (Å²) in [6, 6.07) is 8.45. The van der Waals surface area contributed by atoms with E-state index in [1.54, 1.807) is 6.07 Å². The number of nitrogens with two attached hydrogens (primary N) is 1. The molecule has 1 fully saturated rings. The molecule has 1 aromatic carbocycles. The van der Waals surface area contributed by atoms with Crippen molar-refractivity contribution < 1.29 is 4.74 Å². The monoisotopic (exact) mass is 205 g/mol. The molecule has 0 bridgehead atoms. The zero-order valence-electron chi connectivity index (χ0n) is 9.07. The van der Waals surface area contributed by atoms with Gasteiger partial charge in [-0.25, -0.2) is 0 Å². The molecule has 0 aliphatic carbocycles.